The molecule has 0 bridgehead atoms. The summed E-state index contributed by atoms with van der Waals surface area (Å²) in [5, 5.41) is 16.7. The number of rotatable bonds is 5. The number of hydrogen-bond donors (Lipinski definition) is 1. The fourth-order valence-electron chi connectivity index (χ4n) is 2.49. The minimum atomic E-state index is -4.01. The van der Waals surface area contributed by atoms with E-state index in [0.29, 0.717) is 15.4 Å². The highest BCUT2D eigenvalue weighted by Crippen LogP contribution is 2.42. The molecular weight excluding hydrogens is 372 g/mol. The zero-order chi connectivity index (χ0) is 18.7. The molecule has 8 heteroatoms. The third kappa shape index (κ3) is 3.77. The predicted octanol–water partition coefficient (Wildman–Crippen LogP) is 4.06. The summed E-state index contributed by atoms with van der Waals surface area (Å²) in [7, 11) is -4.01. The second kappa shape index (κ2) is 7.28. The number of nitrogens with zero attached hydrogens (tertiary/aromatic N) is 1. The maximum atomic E-state index is 12.1. The third-order valence-electron chi connectivity index (χ3n) is 3.64. The average molecular weight is 386 g/mol. The van der Waals surface area contributed by atoms with Gasteiger partial charge in [0.05, 0.1) is 14.7 Å². The summed E-state index contributed by atoms with van der Waals surface area (Å²) in [5.41, 5.74) is 1.33. The Labute approximate surface area is 154 Å². The molecule has 0 aromatic heterocycles. The van der Waals surface area contributed by atoms with Crippen LogP contribution in [-0.4, -0.2) is 13.3 Å². The van der Waals surface area contributed by atoms with Gasteiger partial charge in [0, 0.05) is 11.0 Å². The van der Waals surface area contributed by atoms with Crippen molar-refractivity contribution in [2.75, 3.05) is 0 Å². The van der Waals surface area contributed by atoms with Gasteiger partial charge in [0.15, 0.2) is 0 Å². The molecule has 3 aromatic rings. The van der Waals surface area contributed by atoms with Crippen molar-refractivity contribution < 1.29 is 13.3 Å². The maximum absolute atomic E-state index is 12.1. The van der Waals surface area contributed by atoms with Crippen molar-refractivity contribution in [2.45, 2.75) is 14.7 Å². The van der Waals surface area contributed by atoms with Gasteiger partial charge in [-0.2, -0.15) is 0 Å². The van der Waals surface area contributed by atoms with E-state index in [1.54, 1.807) is 30.3 Å². The second-order valence-corrected chi connectivity index (χ2v) is 7.95. The topological polar surface area (TPSA) is 103 Å². The number of nitrogens with two attached hydrogens (primary N) is 1. The van der Waals surface area contributed by atoms with Crippen molar-refractivity contribution in [1.29, 1.82) is 0 Å². The molecule has 2 N–H and O–H groups in total. The van der Waals surface area contributed by atoms with E-state index >= 15 is 0 Å². The lowest BCUT2D eigenvalue weighted by Crippen LogP contribution is -2.13. The van der Waals surface area contributed by atoms with Crippen LogP contribution in [0.25, 0.3) is 11.1 Å². The molecule has 0 aliphatic rings. The van der Waals surface area contributed by atoms with Gasteiger partial charge in [0.1, 0.15) is 0 Å². The zero-order valence-corrected chi connectivity index (χ0v) is 15.0. The van der Waals surface area contributed by atoms with Crippen molar-refractivity contribution in [2.24, 2.45) is 5.14 Å². The Morgan fingerprint density at radius 1 is 0.885 bits per heavy atom. The summed E-state index contributed by atoms with van der Waals surface area (Å²) < 4.78 is 24.2. The number of benzene rings is 3. The second-order valence-electron chi connectivity index (χ2n) is 5.37. The van der Waals surface area contributed by atoms with Crippen LogP contribution in [0.2, 0.25) is 0 Å². The number of para-hydroxylation sites is 1. The number of nitro benzene ring substituents is 1. The van der Waals surface area contributed by atoms with Gasteiger partial charge in [-0.25, -0.2) is 13.6 Å². The molecule has 0 aliphatic heterocycles. The lowest BCUT2D eigenvalue weighted by Gasteiger charge is -2.13. The normalized spacial score (nSPS) is 11.3. The summed E-state index contributed by atoms with van der Waals surface area (Å²) in [6.45, 7) is 0. The van der Waals surface area contributed by atoms with Crippen LogP contribution in [0.3, 0.4) is 0 Å². The molecule has 0 fully saturated rings. The van der Waals surface area contributed by atoms with Gasteiger partial charge >= 0.3 is 0 Å². The molecule has 0 radical (unpaired) electrons. The number of nitro groups is 1. The summed E-state index contributed by atoms with van der Waals surface area (Å²) >= 11 is 1.02. The summed E-state index contributed by atoms with van der Waals surface area (Å²) in [5.74, 6) is 0. The first-order valence-corrected chi connectivity index (χ1v) is 9.87. The van der Waals surface area contributed by atoms with Crippen LogP contribution in [-0.2, 0) is 10.0 Å². The van der Waals surface area contributed by atoms with Crippen molar-refractivity contribution in [3.05, 3.63) is 82.9 Å². The molecule has 0 spiro atoms. The predicted molar refractivity (Wildman–Crippen MR) is 100 cm³/mol. The van der Waals surface area contributed by atoms with Gasteiger partial charge in [-0.3, -0.25) is 10.1 Å². The molecule has 3 aromatic carbocycles. The molecule has 0 aliphatic carbocycles. The molecule has 3 rings (SSSR count). The maximum Gasteiger partial charge on any atom is 0.283 e. The van der Waals surface area contributed by atoms with Crippen LogP contribution in [0, 0.1) is 10.1 Å². The highest BCUT2D eigenvalue weighted by Gasteiger charge is 2.22. The Kier molecular flexibility index (Phi) is 5.08. The molecular formula is C18H14N2O4S2. The van der Waals surface area contributed by atoms with Gasteiger partial charge in [0.25, 0.3) is 5.69 Å². The van der Waals surface area contributed by atoms with Crippen LogP contribution in [0.15, 0.2) is 87.5 Å². The third-order valence-corrected chi connectivity index (χ3v) is 5.94. The average Bonchev–Trinajstić information content (AvgIpc) is 2.62. The molecule has 0 unspecified atom stereocenters. The zero-order valence-electron chi connectivity index (χ0n) is 13.4. The standard InChI is InChI=1S/C18H14N2O4S2/c19-26(23,24)17-12-6-9-14(13-7-2-1-3-8-13)18(17)25-16-11-5-4-10-15(16)20(21)22/h1-12H,(H2,19,23,24). The Balaban J connectivity index is 2.24. The quantitative estimate of drug-likeness (QED) is 0.526. The molecule has 0 amide bonds. The van der Waals surface area contributed by atoms with E-state index < -0.39 is 14.9 Å². The minimum Gasteiger partial charge on any atom is -0.258 e. The summed E-state index contributed by atoms with van der Waals surface area (Å²) in [6.07, 6.45) is 0. The summed E-state index contributed by atoms with van der Waals surface area (Å²) in [6, 6.07) is 20.1. The van der Waals surface area contributed by atoms with E-state index in [0.717, 1.165) is 17.3 Å². The first-order chi connectivity index (χ1) is 12.4. The van der Waals surface area contributed by atoms with Crippen molar-refractivity contribution in [3.8, 4) is 11.1 Å². The van der Waals surface area contributed by atoms with Crippen LogP contribution < -0.4 is 5.14 Å². The Morgan fingerprint density at radius 2 is 1.54 bits per heavy atom. The Morgan fingerprint density at radius 3 is 2.19 bits per heavy atom. The Bertz CT molecular complexity index is 1070. The van der Waals surface area contributed by atoms with E-state index in [4.69, 9.17) is 5.14 Å². The SMILES string of the molecule is NS(=O)(=O)c1cccc(-c2ccccc2)c1Sc1ccccc1[N+](=O)[O-]. The largest absolute Gasteiger partial charge is 0.283 e. The first-order valence-electron chi connectivity index (χ1n) is 7.50. The van der Waals surface area contributed by atoms with Crippen molar-refractivity contribution >= 4 is 27.5 Å². The molecule has 0 heterocycles. The van der Waals surface area contributed by atoms with E-state index in [1.807, 2.05) is 30.3 Å². The van der Waals surface area contributed by atoms with Crippen LogP contribution >= 0.6 is 11.8 Å². The minimum absolute atomic E-state index is 0.0676. The van der Waals surface area contributed by atoms with Crippen LogP contribution in [0.1, 0.15) is 0 Å². The van der Waals surface area contributed by atoms with E-state index in [-0.39, 0.29) is 10.6 Å². The highest BCUT2D eigenvalue weighted by molar-refractivity contribution is 8.00. The summed E-state index contributed by atoms with van der Waals surface area (Å²) in [4.78, 5) is 11.4. The molecule has 132 valence electrons. The lowest BCUT2D eigenvalue weighted by atomic mass is 10.1. The fraction of sp³-hybridized carbons (Fsp3) is 0. The van der Waals surface area contributed by atoms with Crippen LogP contribution in [0.5, 0.6) is 0 Å². The van der Waals surface area contributed by atoms with Crippen molar-refractivity contribution in [1.82, 2.24) is 0 Å². The molecule has 0 atom stereocenters. The van der Waals surface area contributed by atoms with Gasteiger partial charge in [0.2, 0.25) is 10.0 Å². The number of primary sulfonamides is 1. The fourth-order valence-corrected chi connectivity index (χ4v) is 4.68. The highest BCUT2D eigenvalue weighted by atomic mass is 32.2. The van der Waals surface area contributed by atoms with Gasteiger partial charge < -0.3 is 0 Å². The smallest absolute Gasteiger partial charge is 0.258 e. The molecule has 0 saturated carbocycles. The molecule has 26 heavy (non-hydrogen) atoms. The van der Waals surface area contributed by atoms with E-state index in [1.165, 1.54) is 12.1 Å². The van der Waals surface area contributed by atoms with E-state index in [2.05, 4.69) is 0 Å². The van der Waals surface area contributed by atoms with Gasteiger partial charge in [-0.05, 0) is 23.3 Å². The van der Waals surface area contributed by atoms with Crippen LogP contribution in [0.4, 0.5) is 5.69 Å². The number of sulfonamides is 1. The van der Waals surface area contributed by atoms with Gasteiger partial charge in [-0.1, -0.05) is 66.4 Å². The number of hydrogen-bond acceptors (Lipinski definition) is 5. The monoisotopic (exact) mass is 386 g/mol. The van der Waals surface area contributed by atoms with E-state index in [9.17, 15) is 18.5 Å². The first kappa shape index (κ1) is 18.1. The molecule has 6 nitrogen and oxygen atoms in total. The Hall–Kier alpha value is -2.68. The van der Waals surface area contributed by atoms with Crippen molar-refractivity contribution in [3.63, 3.8) is 0 Å². The lowest BCUT2D eigenvalue weighted by molar-refractivity contribution is -0.387. The molecule has 0 saturated heterocycles. The van der Waals surface area contributed by atoms with Gasteiger partial charge in [-0.15, -0.1) is 0 Å².